The van der Waals surface area contributed by atoms with Gasteiger partial charge < -0.3 is 0 Å². The zero-order valence-corrected chi connectivity index (χ0v) is 10.6. The Bertz CT molecular complexity index is 123. The van der Waals surface area contributed by atoms with E-state index in [2.05, 4.69) is 46.3 Å². The largest absolute Gasteiger partial charge is 0.111 e. The van der Waals surface area contributed by atoms with Gasteiger partial charge in [-0.1, -0.05) is 51.8 Å². The molecular weight excluding hydrogens is 184 g/mol. The molecule has 0 N–H and O–H groups in total. The first-order chi connectivity index (χ1) is 5.49. The van der Waals surface area contributed by atoms with E-state index < -0.39 is 0 Å². The lowest BCUT2D eigenvalue weighted by Gasteiger charge is -2.38. The van der Waals surface area contributed by atoms with E-state index in [9.17, 15) is 0 Å². The van der Waals surface area contributed by atoms with Gasteiger partial charge in [-0.25, -0.2) is 0 Å². The fraction of sp³-hybridized carbons (Fsp3) is 1.00. The Kier molecular flexibility index (Phi) is 5.75. The third kappa shape index (κ3) is 2.88. The molecule has 0 saturated heterocycles. The molecule has 0 nitrogen and oxygen atoms in total. The van der Waals surface area contributed by atoms with E-state index in [0.29, 0.717) is 5.41 Å². The molecule has 74 valence electrons. The van der Waals surface area contributed by atoms with Gasteiger partial charge in [-0.15, -0.1) is 11.7 Å². The van der Waals surface area contributed by atoms with Crippen molar-refractivity contribution in [3.8, 4) is 0 Å². The fourth-order valence-electron chi connectivity index (χ4n) is 1.63. The van der Waals surface area contributed by atoms with Gasteiger partial charge in [-0.05, 0) is 17.3 Å². The van der Waals surface area contributed by atoms with Crippen LogP contribution in [0.1, 0.15) is 41.0 Å². The lowest BCUT2D eigenvalue weighted by Crippen LogP contribution is -2.31. The standard InChI is InChI=1S/C10H22S2/c1-6-10(5,8(2)3)9(4)7-12-11/h8-9,11H,6-7H2,1-5H3. The molecule has 2 heteroatoms. The Balaban J connectivity index is 4.29. The van der Waals surface area contributed by atoms with Crippen LogP contribution in [0.4, 0.5) is 0 Å². The number of rotatable bonds is 5. The Labute approximate surface area is 86.7 Å². The van der Waals surface area contributed by atoms with E-state index in [1.807, 2.05) is 0 Å². The molecule has 0 aliphatic heterocycles. The van der Waals surface area contributed by atoms with Crippen molar-refractivity contribution in [1.82, 2.24) is 0 Å². The normalized spacial score (nSPS) is 19.2. The van der Waals surface area contributed by atoms with Crippen LogP contribution in [0, 0.1) is 17.3 Å². The molecule has 2 atom stereocenters. The van der Waals surface area contributed by atoms with Crippen molar-refractivity contribution in [3.63, 3.8) is 0 Å². The second kappa shape index (κ2) is 5.43. The highest BCUT2D eigenvalue weighted by Gasteiger charge is 2.31. The molecule has 0 heterocycles. The van der Waals surface area contributed by atoms with E-state index in [0.717, 1.165) is 17.6 Å². The molecule has 0 spiro atoms. The summed E-state index contributed by atoms with van der Waals surface area (Å²) in [4.78, 5) is 0. The summed E-state index contributed by atoms with van der Waals surface area (Å²) in [6.07, 6.45) is 1.26. The molecular formula is C10H22S2. The topological polar surface area (TPSA) is 0 Å². The van der Waals surface area contributed by atoms with Gasteiger partial charge in [0.05, 0.1) is 0 Å². The molecule has 0 aromatic heterocycles. The van der Waals surface area contributed by atoms with Crippen molar-refractivity contribution >= 4 is 22.5 Å². The Morgan fingerprint density at radius 2 is 1.83 bits per heavy atom. The second-order valence-corrected chi connectivity index (χ2v) is 5.58. The molecule has 2 unspecified atom stereocenters. The van der Waals surface area contributed by atoms with Crippen LogP contribution < -0.4 is 0 Å². The van der Waals surface area contributed by atoms with Crippen LogP contribution in [0.3, 0.4) is 0 Å². The monoisotopic (exact) mass is 206 g/mol. The highest BCUT2D eigenvalue weighted by molar-refractivity contribution is 8.68. The minimum Gasteiger partial charge on any atom is -0.111 e. The molecule has 0 amide bonds. The number of hydrogen-bond donors (Lipinski definition) is 1. The highest BCUT2D eigenvalue weighted by atomic mass is 33.1. The zero-order valence-electron chi connectivity index (χ0n) is 8.92. The van der Waals surface area contributed by atoms with Gasteiger partial charge in [-0.3, -0.25) is 0 Å². The smallest absolute Gasteiger partial charge is 0.00655 e. The molecule has 0 bridgehead atoms. The average molecular weight is 206 g/mol. The summed E-state index contributed by atoms with van der Waals surface area (Å²) in [5, 5.41) is 0. The van der Waals surface area contributed by atoms with E-state index in [1.165, 1.54) is 6.42 Å². The highest BCUT2D eigenvalue weighted by Crippen LogP contribution is 2.40. The average Bonchev–Trinajstić information content (AvgIpc) is 2.03. The number of thiol groups is 1. The van der Waals surface area contributed by atoms with Gasteiger partial charge in [0.2, 0.25) is 0 Å². The van der Waals surface area contributed by atoms with Crippen molar-refractivity contribution in [1.29, 1.82) is 0 Å². The number of hydrogen-bond acceptors (Lipinski definition) is 2. The van der Waals surface area contributed by atoms with Gasteiger partial charge >= 0.3 is 0 Å². The Morgan fingerprint density at radius 3 is 2.08 bits per heavy atom. The van der Waals surface area contributed by atoms with Crippen LogP contribution in [-0.4, -0.2) is 5.75 Å². The van der Waals surface area contributed by atoms with Crippen molar-refractivity contribution < 1.29 is 0 Å². The second-order valence-electron chi connectivity index (χ2n) is 4.21. The molecule has 0 aliphatic carbocycles. The SMILES string of the molecule is CCC(C)(C(C)C)C(C)CSS. The van der Waals surface area contributed by atoms with Crippen molar-refractivity contribution in [3.05, 3.63) is 0 Å². The quantitative estimate of drug-likeness (QED) is 0.518. The van der Waals surface area contributed by atoms with Gasteiger partial charge in [0, 0.05) is 5.75 Å². The molecule has 0 saturated carbocycles. The molecule has 12 heavy (non-hydrogen) atoms. The first-order valence-corrected chi connectivity index (χ1v) is 6.79. The maximum atomic E-state index is 4.22. The maximum Gasteiger partial charge on any atom is 0.00655 e. The summed E-state index contributed by atoms with van der Waals surface area (Å²) in [7, 11) is 1.66. The third-order valence-electron chi connectivity index (χ3n) is 3.53. The lowest BCUT2D eigenvalue weighted by atomic mass is 9.69. The van der Waals surface area contributed by atoms with Gasteiger partial charge in [0.1, 0.15) is 0 Å². The maximum absolute atomic E-state index is 4.22. The van der Waals surface area contributed by atoms with Gasteiger partial charge in [0.15, 0.2) is 0 Å². The zero-order chi connectivity index (χ0) is 9.78. The lowest BCUT2D eigenvalue weighted by molar-refractivity contribution is 0.134. The van der Waals surface area contributed by atoms with Crippen molar-refractivity contribution in [2.24, 2.45) is 17.3 Å². The van der Waals surface area contributed by atoms with E-state index in [4.69, 9.17) is 0 Å². The Hall–Kier alpha value is 0.700. The van der Waals surface area contributed by atoms with E-state index in [-0.39, 0.29) is 0 Å². The van der Waals surface area contributed by atoms with Crippen LogP contribution in [0.2, 0.25) is 0 Å². The molecule has 0 fully saturated rings. The summed E-state index contributed by atoms with van der Waals surface area (Å²) in [5.41, 5.74) is 0.482. The van der Waals surface area contributed by atoms with Crippen molar-refractivity contribution in [2.45, 2.75) is 41.0 Å². The Morgan fingerprint density at radius 1 is 1.33 bits per heavy atom. The molecule has 0 rings (SSSR count). The van der Waals surface area contributed by atoms with Crippen LogP contribution in [0.15, 0.2) is 0 Å². The predicted octanol–water partition coefficient (Wildman–Crippen LogP) is 4.27. The molecule has 0 radical (unpaired) electrons. The summed E-state index contributed by atoms with van der Waals surface area (Å²) < 4.78 is 0. The molecule has 0 aliphatic rings. The summed E-state index contributed by atoms with van der Waals surface area (Å²) >= 11 is 4.22. The van der Waals surface area contributed by atoms with Crippen LogP contribution in [-0.2, 0) is 0 Å². The third-order valence-corrected chi connectivity index (χ3v) is 4.63. The molecule has 0 aromatic carbocycles. The minimum atomic E-state index is 0.482. The first-order valence-electron chi connectivity index (χ1n) is 4.75. The minimum absolute atomic E-state index is 0.482. The first kappa shape index (κ1) is 12.7. The van der Waals surface area contributed by atoms with Crippen LogP contribution in [0.25, 0.3) is 0 Å². The fourth-order valence-corrected chi connectivity index (χ4v) is 2.90. The van der Waals surface area contributed by atoms with E-state index in [1.54, 1.807) is 10.8 Å². The summed E-state index contributed by atoms with van der Waals surface area (Å²) in [6, 6.07) is 0. The van der Waals surface area contributed by atoms with Gasteiger partial charge in [-0.2, -0.15) is 0 Å². The van der Waals surface area contributed by atoms with Crippen LogP contribution in [0.5, 0.6) is 0 Å². The van der Waals surface area contributed by atoms with Crippen molar-refractivity contribution in [2.75, 3.05) is 5.75 Å². The summed E-state index contributed by atoms with van der Waals surface area (Å²) in [5.74, 6) is 2.68. The van der Waals surface area contributed by atoms with Crippen LogP contribution >= 0.6 is 22.5 Å². The predicted molar refractivity (Wildman–Crippen MR) is 63.8 cm³/mol. The summed E-state index contributed by atoms with van der Waals surface area (Å²) in [6.45, 7) is 11.7. The van der Waals surface area contributed by atoms with Gasteiger partial charge in [0.25, 0.3) is 0 Å². The van der Waals surface area contributed by atoms with E-state index >= 15 is 0 Å². The molecule has 0 aromatic rings.